The van der Waals surface area contributed by atoms with Crippen LogP contribution < -0.4 is 4.74 Å². The predicted octanol–water partition coefficient (Wildman–Crippen LogP) is 3.23. The SMILES string of the molecule is CN1CCN(C(=O)COc2ccccc2Cl)C(c2ccccc2)C1. The number of para-hydroxylation sites is 1. The number of piperazine rings is 1. The van der Waals surface area contributed by atoms with E-state index in [2.05, 4.69) is 24.1 Å². The summed E-state index contributed by atoms with van der Waals surface area (Å²) in [6, 6.07) is 17.4. The highest BCUT2D eigenvalue weighted by Crippen LogP contribution is 2.26. The van der Waals surface area contributed by atoms with Gasteiger partial charge in [-0.05, 0) is 24.7 Å². The standard InChI is InChI=1S/C19H21ClN2O2/c1-21-11-12-22(17(13-21)15-7-3-2-4-8-15)19(23)14-24-18-10-6-5-9-16(18)20/h2-10,17H,11-14H2,1H3. The Bertz CT molecular complexity index is 693. The van der Waals surface area contributed by atoms with Gasteiger partial charge in [0, 0.05) is 19.6 Å². The van der Waals surface area contributed by atoms with E-state index in [4.69, 9.17) is 16.3 Å². The van der Waals surface area contributed by atoms with Crippen LogP contribution in [-0.2, 0) is 4.79 Å². The Labute approximate surface area is 147 Å². The first kappa shape index (κ1) is 16.8. The lowest BCUT2D eigenvalue weighted by atomic mass is 10.0. The largest absolute Gasteiger partial charge is 0.482 e. The van der Waals surface area contributed by atoms with Crippen LogP contribution in [-0.4, -0.2) is 49.0 Å². The van der Waals surface area contributed by atoms with E-state index in [9.17, 15) is 4.79 Å². The summed E-state index contributed by atoms with van der Waals surface area (Å²) in [5.41, 5.74) is 1.15. The van der Waals surface area contributed by atoms with Crippen molar-refractivity contribution in [2.24, 2.45) is 0 Å². The molecule has 0 N–H and O–H groups in total. The summed E-state index contributed by atoms with van der Waals surface area (Å²) in [4.78, 5) is 16.9. The van der Waals surface area contributed by atoms with E-state index in [0.29, 0.717) is 17.3 Å². The van der Waals surface area contributed by atoms with Gasteiger partial charge in [-0.25, -0.2) is 0 Å². The third-order valence-electron chi connectivity index (χ3n) is 4.28. The molecular weight excluding hydrogens is 324 g/mol. The minimum absolute atomic E-state index is 0.00319. The molecule has 1 aliphatic rings. The van der Waals surface area contributed by atoms with Crippen LogP contribution in [0.4, 0.5) is 0 Å². The Hall–Kier alpha value is -2.04. The van der Waals surface area contributed by atoms with Crippen molar-refractivity contribution < 1.29 is 9.53 Å². The third kappa shape index (κ3) is 3.89. The first-order valence-corrected chi connectivity index (χ1v) is 8.43. The lowest BCUT2D eigenvalue weighted by Crippen LogP contribution is -2.50. The monoisotopic (exact) mass is 344 g/mol. The normalized spacial score (nSPS) is 18.4. The number of likely N-dealkylation sites (N-methyl/N-ethyl adjacent to an activating group) is 1. The molecule has 126 valence electrons. The fourth-order valence-electron chi connectivity index (χ4n) is 2.96. The van der Waals surface area contributed by atoms with Crippen molar-refractivity contribution in [2.75, 3.05) is 33.3 Å². The molecule has 0 saturated carbocycles. The number of benzene rings is 2. The molecule has 0 spiro atoms. The van der Waals surface area contributed by atoms with Crippen molar-refractivity contribution >= 4 is 17.5 Å². The molecule has 0 aromatic heterocycles. The molecule has 1 heterocycles. The number of hydrogen-bond donors (Lipinski definition) is 0. The molecule has 2 aromatic carbocycles. The van der Waals surface area contributed by atoms with Crippen molar-refractivity contribution in [3.8, 4) is 5.75 Å². The molecule has 4 nitrogen and oxygen atoms in total. The molecule has 0 bridgehead atoms. The van der Waals surface area contributed by atoms with Gasteiger partial charge in [0.05, 0.1) is 11.1 Å². The molecule has 0 aliphatic carbocycles. The van der Waals surface area contributed by atoms with Gasteiger partial charge >= 0.3 is 0 Å². The molecule has 2 aromatic rings. The Morgan fingerprint density at radius 2 is 1.83 bits per heavy atom. The van der Waals surface area contributed by atoms with Crippen LogP contribution >= 0.6 is 11.6 Å². The molecule has 1 fully saturated rings. The summed E-state index contributed by atoms with van der Waals surface area (Å²) in [7, 11) is 2.08. The predicted molar refractivity (Wildman–Crippen MR) is 95.3 cm³/mol. The second-order valence-electron chi connectivity index (χ2n) is 5.99. The van der Waals surface area contributed by atoms with E-state index >= 15 is 0 Å². The summed E-state index contributed by atoms with van der Waals surface area (Å²) >= 11 is 6.08. The molecule has 1 atom stereocenters. The maximum Gasteiger partial charge on any atom is 0.261 e. The summed E-state index contributed by atoms with van der Waals surface area (Å²) < 4.78 is 5.63. The zero-order valence-electron chi connectivity index (χ0n) is 13.7. The molecule has 0 radical (unpaired) electrons. The fraction of sp³-hybridized carbons (Fsp3) is 0.316. The lowest BCUT2D eigenvalue weighted by Gasteiger charge is -2.40. The second-order valence-corrected chi connectivity index (χ2v) is 6.40. The van der Waals surface area contributed by atoms with E-state index < -0.39 is 0 Å². The van der Waals surface area contributed by atoms with E-state index in [1.165, 1.54) is 0 Å². The second kappa shape index (κ2) is 7.69. The van der Waals surface area contributed by atoms with Gasteiger partial charge in [0.15, 0.2) is 6.61 Å². The van der Waals surface area contributed by atoms with Gasteiger partial charge in [0.2, 0.25) is 0 Å². The third-order valence-corrected chi connectivity index (χ3v) is 4.59. The van der Waals surface area contributed by atoms with Crippen LogP contribution in [0.5, 0.6) is 5.75 Å². The van der Waals surface area contributed by atoms with Crippen LogP contribution in [0.25, 0.3) is 0 Å². The Balaban J connectivity index is 1.71. The van der Waals surface area contributed by atoms with Crippen molar-refractivity contribution in [3.63, 3.8) is 0 Å². The van der Waals surface area contributed by atoms with Gasteiger partial charge in [-0.2, -0.15) is 0 Å². The summed E-state index contributed by atoms with van der Waals surface area (Å²) in [6.07, 6.45) is 0. The number of rotatable bonds is 4. The smallest absolute Gasteiger partial charge is 0.261 e. The minimum Gasteiger partial charge on any atom is -0.482 e. The van der Waals surface area contributed by atoms with Gasteiger partial charge in [0.25, 0.3) is 5.91 Å². The maximum atomic E-state index is 12.7. The Kier molecular flexibility index (Phi) is 5.38. The van der Waals surface area contributed by atoms with Gasteiger partial charge in [0.1, 0.15) is 5.75 Å². The summed E-state index contributed by atoms with van der Waals surface area (Å²) in [5.74, 6) is 0.523. The van der Waals surface area contributed by atoms with Crippen LogP contribution in [0.1, 0.15) is 11.6 Å². The highest BCUT2D eigenvalue weighted by Gasteiger charge is 2.30. The lowest BCUT2D eigenvalue weighted by molar-refractivity contribution is -0.138. The average molecular weight is 345 g/mol. The molecule has 1 amide bonds. The Morgan fingerprint density at radius 1 is 1.12 bits per heavy atom. The van der Waals surface area contributed by atoms with Crippen molar-refractivity contribution in [2.45, 2.75) is 6.04 Å². The average Bonchev–Trinajstić information content (AvgIpc) is 2.61. The van der Waals surface area contributed by atoms with Gasteiger partial charge in [-0.1, -0.05) is 54.1 Å². The molecule has 1 aliphatic heterocycles. The Morgan fingerprint density at radius 3 is 2.58 bits per heavy atom. The molecular formula is C19H21ClN2O2. The first-order valence-electron chi connectivity index (χ1n) is 8.05. The molecule has 5 heteroatoms. The van der Waals surface area contributed by atoms with E-state index in [-0.39, 0.29) is 18.6 Å². The first-order chi connectivity index (χ1) is 11.6. The number of hydrogen-bond acceptors (Lipinski definition) is 3. The number of amides is 1. The quantitative estimate of drug-likeness (QED) is 0.853. The van der Waals surface area contributed by atoms with Crippen LogP contribution in [0.2, 0.25) is 5.02 Å². The molecule has 1 unspecified atom stereocenters. The number of carbonyl (C=O) groups excluding carboxylic acids is 1. The number of nitrogens with zero attached hydrogens (tertiary/aromatic N) is 2. The number of ether oxygens (including phenoxy) is 1. The van der Waals surface area contributed by atoms with E-state index in [1.807, 2.05) is 35.2 Å². The maximum absolute atomic E-state index is 12.7. The summed E-state index contributed by atoms with van der Waals surface area (Å²) in [5, 5.41) is 0.517. The molecule has 1 saturated heterocycles. The van der Waals surface area contributed by atoms with Crippen LogP contribution in [0, 0.1) is 0 Å². The van der Waals surface area contributed by atoms with E-state index in [0.717, 1.165) is 18.7 Å². The topological polar surface area (TPSA) is 32.8 Å². The molecule has 24 heavy (non-hydrogen) atoms. The highest BCUT2D eigenvalue weighted by atomic mass is 35.5. The minimum atomic E-state index is -0.0168. The number of halogens is 1. The van der Waals surface area contributed by atoms with Crippen molar-refractivity contribution in [1.29, 1.82) is 0 Å². The number of carbonyl (C=O) groups is 1. The fourth-order valence-corrected chi connectivity index (χ4v) is 3.15. The molecule has 3 rings (SSSR count). The van der Waals surface area contributed by atoms with Crippen LogP contribution in [0.15, 0.2) is 54.6 Å². The highest BCUT2D eigenvalue weighted by molar-refractivity contribution is 6.32. The van der Waals surface area contributed by atoms with Gasteiger partial charge in [-0.15, -0.1) is 0 Å². The van der Waals surface area contributed by atoms with Crippen molar-refractivity contribution in [3.05, 3.63) is 65.2 Å². The van der Waals surface area contributed by atoms with Crippen molar-refractivity contribution in [1.82, 2.24) is 9.80 Å². The van der Waals surface area contributed by atoms with Gasteiger partial charge in [-0.3, -0.25) is 4.79 Å². The zero-order valence-corrected chi connectivity index (χ0v) is 14.4. The van der Waals surface area contributed by atoms with Crippen LogP contribution in [0.3, 0.4) is 0 Å². The van der Waals surface area contributed by atoms with Gasteiger partial charge < -0.3 is 14.5 Å². The van der Waals surface area contributed by atoms with E-state index in [1.54, 1.807) is 12.1 Å². The summed E-state index contributed by atoms with van der Waals surface area (Å²) in [6.45, 7) is 2.38. The zero-order chi connectivity index (χ0) is 16.9.